The van der Waals surface area contributed by atoms with Crippen LogP contribution >= 0.6 is 0 Å². The lowest BCUT2D eigenvalue weighted by molar-refractivity contribution is -0.122. The summed E-state index contributed by atoms with van der Waals surface area (Å²) in [7, 11) is 0. The second kappa shape index (κ2) is 6.06. The van der Waals surface area contributed by atoms with E-state index in [1.54, 1.807) is 11.8 Å². The molecule has 112 valence electrons. The number of anilines is 1. The van der Waals surface area contributed by atoms with Crippen molar-refractivity contribution in [1.29, 1.82) is 5.26 Å². The molecule has 2 atom stereocenters. The van der Waals surface area contributed by atoms with Crippen molar-refractivity contribution in [2.45, 2.75) is 25.4 Å². The van der Waals surface area contributed by atoms with Crippen LogP contribution in [0.4, 0.5) is 14.5 Å². The zero-order valence-corrected chi connectivity index (χ0v) is 11.6. The minimum absolute atomic E-state index is 0.0769. The van der Waals surface area contributed by atoms with Gasteiger partial charge in [-0.25, -0.2) is 8.78 Å². The van der Waals surface area contributed by atoms with Crippen LogP contribution in [0.15, 0.2) is 12.1 Å². The molecular weight excluding hydrogens is 278 g/mol. The number of nitriles is 1. The van der Waals surface area contributed by atoms with Gasteiger partial charge in [0.1, 0.15) is 6.07 Å². The number of hydrogen-bond acceptors (Lipinski definition) is 4. The molecule has 0 aliphatic carbocycles. The molecule has 3 N–H and O–H groups in total. The predicted octanol–water partition coefficient (Wildman–Crippen LogP) is 0.879. The van der Waals surface area contributed by atoms with Crippen molar-refractivity contribution in [3.63, 3.8) is 0 Å². The van der Waals surface area contributed by atoms with Crippen molar-refractivity contribution in [3.05, 3.63) is 29.3 Å². The molecule has 1 saturated heterocycles. The van der Waals surface area contributed by atoms with Gasteiger partial charge in [-0.05, 0) is 19.4 Å². The Balaban J connectivity index is 2.13. The lowest BCUT2D eigenvalue weighted by Crippen LogP contribution is -2.45. The lowest BCUT2D eigenvalue weighted by Gasteiger charge is -2.21. The molecule has 7 heteroatoms. The van der Waals surface area contributed by atoms with Gasteiger partial charge in [-0.3, -0.25) is 4.79 Å². The van der Waals surface area contributed by atoms with E-state index in [0.717, 1.165) is 12.1 Å². The third-order valence-corrected chi connectivity index (χ3v) is 3.45. The normalized spacial score (nSPS) is 19.2. The Labute approximate surface area is 121 Å². The predicted molar refractivity (Wildman–Crippen MR) is 73.5 cm³/mol. The van der Waals surface area contributed by atoms with Crippen molar-refractivity contribution in [3.8, 4) is 6.07 Å². The number of carbonyl (C=O) groups is 1. The maximum atomic E-state index is 13.4. The maximum absolute atomic E-state index is 13.4. The van der Waals surface area contributed by atoms with E-state index in [4.69, 9.17) is 11.0 Å². The highest BCUT2D eigenvalue weighted by molar-refractivity contribution is 5.81. The highest BCUT2D eigenvalue weighted by atomic mass is 19.2. The molecule has 21 heavy (non-hydrogen) atoms. The van der Waals surface area contributed by atoms with Crippen LogP contribution in [0.25, 0.3) is 0 Å². The van der Waals surface area contributed by atoms with Gasteiger partial charge in [0.15, 0.2) is 11.6 Å². The molecule has 0 spiro atoms. The standard InChI is InChI=1S/C14H16F2N4O/c1-8(18)14(21)19-10-2-3-20(7-10)13-5-12(16)11(15)4-9(13)6-17/h4-5,8,10H,2-3,7,18H2,1H3,(H,19,21)/t8-,10-/m0/s1. The zero-order chi connectivity index (χ0) is 15.6. The molecule has 2 rings (SSSR count). The number of nitrogens with two attached hydrogens (primary N) is 1. The summed E-state index contributed by atoms with van der Waals surface area (Å²) in [5.41, 5.74) is 5.90. The Morgan fingerprint density at radius 1 is 1.52 bits per heavy atom. The van der Waals surface area contributed by atoms with E-state index in [9.17, 15) is 13.6 Å². The summed E-state index contributed by atoms with van der Waals surface area (Å²) in [6, 6.07) is 3.04. The number of rotatable bonds is 3. The molecule has 1 amide bonds. The molecule has 1 aromatic rings. The first kappa shape index (κ1) is 15.2. The largest absolute Gasteiger partial charge is 0.368 e. The Bertz CT molecular complexity index is 597. The molecule has 0 radical (unpaired) electrons. The minimum Gasteiger partial charge on any atom is -0.368 e. The Kier molecular flexibility index (Phi) is 4.38. The van der Waals surface area contributed by atoms with Gasteiger partial charge in [-0.2, -0.15) is 5.26 Å². The summed E-state index contributed by atoms with van der Waals surface area (Å²) in [6.45, 7) is 2.56. The van der Waals surface area contributed by atoms with Gasteiger partial charge in [0.25, 0.3) is 0 Å². The van der Waals surface area contributed by atoms with Crippen molar-refractivity contribution < 1.29 is 13.6 Å². The van der Waals surface area contributed by atoms with Crippen LogP contribution in [0.3, 0.4) is 0 Å². The number of nitrogens with zero attached hydrogens (tertiary/aromatic N) is 2. The molecule has 0 bridgehead atoms. The lowest BCUT2D eigenvalue weighted by atomic mass is 10.1. The average Bonchev–Trinajstić information content (AvgIpc) is 2.89. The summed E-state index contributed by atoms with van der Waals surface area (Å²) in [6.07, 6.45) is 0.655. The maximum Gasteiger partial charge on any atom is 0.236 e. The van der Waals surface area contributed by atoms with Crippen molar-refractivity contribution in [1.82, 2.24) is 5.32 Å². The van der Waals surface area contributed by atoms with Crippen LogP contribution < -0.4 is 16.0 Å². The quantitative estimate of drug-likeness (QED) is 0.867. The molecule has 0 unspecified atom stereocenters. The van der Waals surface area contributed by atoms with Gasteiger partial charge in [-0.1, -0.05) is 0 Å². The summed E-state index contributed by atoms with van der Waals surface area (Å²) >= 11 is 0. The number of hydrogen-bond donors (Lipinski definition) is 2. The SMILES string of the molecule is C[C@H](N)C(=O)N[C@H]1CCN(c2cc(F)c(F)cc2C#N)C1. The second-order valence-electron chi connectivity index (χ2n) is 5.12. The van der Waals surface area contributed by atoms with Gasteiger partial charge in [0, 0.05) is 25.2 Å². The van der Waals surface area contributed by atoms with Crippen LogP contribution in [0.2, 0.25) is 0 Å². The van der Waals surface area contributed by atoms with E-state index in [-0.39, 0.29) is 17.5 Å². The van der Waals surface area contributed by atoms with Crippen LogP contribution in [-0.4, -0.2) is 31.1 Å². The zero-order valence-electron chi connectivity index (χ0n) is 11.6. The molecule has 1 aliphatic heterocycles. The van der Waals surface area contributed by atoms with Crippen LogP contribution in [0.5, 0.6) is 0 Å². The molecule has 1 fully saturated rings. The fraction of sp³-hybridized carbons (Fsp3) is 0.429. The van der Waals surface area contributed by atoms with Gasteiger partial charge < -0.3 is 16.0 Å². The smallest absolute Gasteiger partial charge is 0.236 e. The molecule has 0 saturated carbocycles. The Hall–Kier alpha value is -2.20. The first-order chi connectivity index (χ1) is 9.92. The third-order valence-electron chi connectivity index (χ3n) is 3.45. The fourth-order valence-corrected chi connectivity index (χ4v) is 2.32. The summed E-state index contributed by atoms with van der Waals surface area (Å²) in [4.78, 5) is 13.3. The molecular formula is C14H16F2N4O. The Morgan fingerprint density at radius 3 is 2.81 bits per heavy atom. The van der Waals surface area contributed by atoms with Crippen molar-refractivity contribution in [2.24, 2.45) is 5.73 Å². The minimum atomic E-state index is -1.05. The molecule has 0 aromatic heterocycles. The highest BCUT2D eigenvalue weighted by Gasteiger charge is 2.27. The van der Waals surface area contributed by atoms with Crippen LogP contribution in [0, 0.1) is 23.0 Å². The molecule has 1 aromatic carbocycles. The number of halogens is 2. The third kappa shape index (κ3) is 3.28. The number of nitrogens with one attached hydrogen (secondary N) is 1. The van der Waals surface area contributed by atoms with Gasteiger partial charge in [0.05, 0.1) is 17.3 Å². The first-order valence-corrected chi connectivity index (χ1v) is 6.62. The van der Waals surface area contributed by atoms with E-state index >= 15 is 0 Å². The van der Waals surface area contributed by atoms with E-state index in [2.05, 4.69) is 5.32 Å². The van der Waals surface area contributed by atoms with E-state index in [1.165, 1.54) is 0 Å². The number of amides is 1. The summed E-state index contributed by atoms with van der Waals surface area (Å²) in [5, 5.41) is 11.8. The molecule has 5 nitrogen and oxygen atoms in total. The summed E-state index contributed by atoms with van der Waals surface area (Å²) < 4.78 is 26.5. The van der Waals surface area contributed by atoms with Gasteiger partial charge in [0.2, 0.25) is 5.91 Å². The first-order valence-electron chi connectivity index (χ1n) is 6.62. The van der Waals surface area contributed by atoms with E-state index in [0.29, 0.717) is 25.2 Å². The van der Waals surface area contributed by atoms with Gasteiger partial charge >= 0.3 is 0 Å². The van der Waals surface area contributed by atoms with E-state index < -0.39 is 17.7 Å². The summed E-state index contributed by atoms with van der Waals surface area (Å²) in [5.74, 6) is -2.30. The molecule has 1 heterocycles. The number of benzene rings is 1. The molecule has 1 aliphatic rings. The van der Waals surface area contributed by atoms with Crippen LogP contribution in [-0.2, 0) is 4.79 Å². The fourth-order valence-electron chi connectivity index (χ4n) is 2.32. The van der Waals surface area contributed by atoms with Crippen molar-refractivity contribution in [2.75, 3.05) is 18.0 Å². The van der Waals surface area contributed by atoms with Gasteiger partial charge in [-0.15, -0.1) is 0 Å². The second-order valence-corrected chi connectivity index (χ2v) is 5.12. The van der Waals surface area contributed by atoms with Crippen molar-refractivity contribution >= 4 is 11.6 Å². The Morgan fingerprint density at radius 2 is 2.19 bits per heavy atom. The highest BCUT2D eigenvalue weighted by Crippen LogP contribution is 2.26. The topological polar surface area (TPSA) is 82.2 Å². The monoisotopic (exact) mass is 294 g/mol. The van der Waals surface area contributed by atoms with Crippen LogP contribution in [0.1, 0.15) is 18.9 Å². The average molecular weight is 294 g/mol. The van der Waals surface area contributed by atoms with E-state index in [1.807, 2.05) is 6.07 Å². The number of carbonyl (C=O) groups excluding carboxylic acids is 1.